The number of nitro benzene ring substituents is 1. The van der Waals surface area contributed by atoms with Crippen molar-refractivity contribution < 1.29 is 4.92 Å². The summed E-state index contributed by atoms with van der Waals surface area (Å²) >= 11 is 6.32. The van der Waals surface area contributed by atoms with E-state index >= 15 is 0 Å². The van der Waals surface area contributed by atoms with Gasteiger partial charge in [0, 0.05) is 51.1 Å². The zero-order valence-corrected chi connectivity index (χ0v) is 14.7. The van der Waals surface area contributed by atoms with Crippen LogP contribution in [0.3, 0.4) is 0 Å². The van der Waals surface area contributed by atoms with Gasteiger partial charge in [-0.2, -0.15) is 0 Å². The lowest BCUT2D eigenvalue weighted by atomic mass is 9.92. The summed E-state index contributed by atoms with van der Waals surface area (Å²) in [7, 11) is 2.03. The van der Waals surface area contributed by atoms with Gasteiger partial charge in [0.2, 0.25) is 0 Å². The molecular weight excluding hydrogens is 328 g/mol. The maximum Gasteiger partial charge on any atom is 0.271 e. The fraction of sp³-hybridized carbons (Fsp3) is 0.471. The Balaban J connectivity index is 1.69. The van der Waals surface area contributed by atoms with Gasteiger partial charge < -0.3 is 9.47 Å². The van der Waals surface area contributed by atoms with Crippen molar-refractivity contribution in [3.63, 3.8) is 0 Å². The number of aryl methyl sites for hydroxylation is 2. The van der Waals surface area contributed by atoms with E-state index in [1.165, 1.54) is 6.07 Å². The summed E-state index contributed by atoms with van der Waals surface area (Å²) in [6.07, 6.45) is 6.94. The molecule has 1 aromatic carbocycles. The third-order valence-electron chi connectivity index (χ3n) is 4.77. The van der Waals surface area contributed by atoms with Crippen LogP contribution in [0.1, 0.15) is 24.2 Å². The molecule has 7 heteroatoms. The van der Waals surface area contributed by atoms with Crippen molar-refractivity contribution in [2.24, 2.45) is 13.0 Å². The van der Waals surface area contributed by atoms with Crippen LogP contribution in [0.5, 0.6) is 0 Å². The van der Waals surface area contributed by atoms with Crippen molar-refractivity contribution in [1.29, 1.82) is 0 Å². The molecule has 1 aliphatic rings. The molecule has 0 bridgehead atoms. The maximum absolute atomic E-state index is 10.9. The molecule has 1 aliphatic heterocycles. The Morgan fingerprint density at radius 1 is 1.38 bits per heavy atom. The van der Waals surface area contributed by atoms with Gasteiger partial charge in [0.25, 0.3) is 5.69 Å². The number of imidazole rings is 1. The monoisotopic (exact) mass is 348 g/mol. The lowest BCUT2D eigenvalue weighted by molar-refractivity contribution is -0.384. The van der Waals surface area contributed by atoms with Gasteiger partial charge in [-0.3, -0.25) is 10.1 Å². The Kier molecular flexibility index (Phi) is 4.76. The number of halogens is 1. The van der Waals surface area contributed by atoms with Crippen LogP contribution in [0.4, 0.5) is 11.4 Å². The fourth-order valence-electron chi connectivity index (χ4n) is 3.44. The summed E-state index contributed by atoms with van der Waals surface area (Å²) in [5.74, 6) is 1.73. The fourth-order valence-corrected chi connectivity index (χ4v) is 3.82. The predicted molar refractivity (Wildman–Crippen MR) is 94.7 cm³/mol. The highest BCUT2D eigenvalue weighted by Gasteiger charge is 2.24. The van der Waals surface area contributed by atoms with Crippen molar-refractivity contribution >= 4 is 23.0 Å². The molecule has 1 aromatic heterocycles. The van der Waals surface area contributed by atoms with Gasteiger partial charge in [-0.15, -0.1) is 0 Å². The first kappa shape index (κ1) is 16.8. The summed E-state index contributed by atoms with van der Waals surface area (Å²) in [5, 5.41) is 11.4. The second kappa shape index (κ2) is 6.81. The molecule has 1 saturated heterocycles. The van der Waals surface area contributed by atoms with Crippen LogP contribution in [0.25, 0.3) is 0 Å². The van der Waals surface area contributed by atoms with Gasteiger partial charge >= 0.3 is 0 Å². The van der Waals surface area contributed by atoms with Gasteiger partial charge in [0.1, 0.15) is 5.82 Å². The minimum atomic E-state index is -0.401. The zero-order valence-electron chi connectivity index (χ0n) is 13.9. The summed E-state index contributed by atoms with van der Waals surface area (Å²) in [6, 6.07) is 3.05. The van der Waals surface area contributed by atoms with E-state index in [1.807, 2.05) is 26.4 Å². The Morgan fingerprint density at radius 2 is 2.08 bits per heavy atom. The number of benzene rings is 1. The van der Waals surface area contributed by atoms with Crippen molar-refractivity contribution in [2.45, 2.75) is 26.2 Å². The Labute approximate surface area is 146 Å². The normalized spacial score (nSPS) is 15.7. The molecule has 0 unspecified atom stereocenters. The van der Waals surface area contributed by atoms with Gasteiger partial charge in [-0.25, -0.2) is 4.98 Å². The van der Waals surface area contributed by atoms with E-state index in [1.54, 1.807) is 6.07 Å². The molecule has 1 fully saturated rings. The highest BCUT2D eigenvalue weighted by atomic mass is 35.5. The molecule has 24 heavy (non-hydrogen) atoms. The molecule has 0 saturated carbocycles. The molecule has 0 N–H and O–H groups in total. The third kappa shape index (κ3) is 3.38. The lowest BCUT2D eigenvalue weighted by Gasteiger charge is -2.35. The van der Waals surface area contributed by atoms with Gasteiger partial charge in [-0.05, 0) is 31.2 Å². The van der Waals surface area contributed by atoms with Crippen molar-refractivity contribution in [1.82, 2.24) is 9.55 Å². The van der Waals surface area contributed by atoms with E-state index in [-0.39, 0.29) is 5.69 Å². The van der Waals surface area contributed by atoms with E-state index in [2.05, 4.69) is 14.5 Å². The average molecular weight is 349 g/mol. The Hall–Kier alpha value is -2.08. The SMILES string of the molecule is Cc1cc([N+](=O)[O-])cc(Cl)c1N1CCC(Cc2nccn2C)CC1. The quantitative estimate of drug-likeness (QED) is 0.623. The molecule has 6 nitrogen and oxygen atoms in total. The number of hydrogen-bond donors (Lipinski definition) is 0. The highest BCUT2D eigenvalue weighted by Crippen LogP contribution is 2.36. The number of hydrogen-bond acceptors (Lipinski definition) is 4. The first-order chi connectivity index (χ1) is 11.5. The van der Waals surface area contributed by atoms with E-state index in [9.17, 15) is 10.1 Å². The summed E-state index contributed by atoms with van der Waals surface area (Å²) in [6.45, 7) is 3.70. The van der Waals surface area contributed by atoms with Crippen LogP contribution in [-0.4, -0.2) is 27.6 Å². The molecule has 2 heterocycles. The number of non-ortho nitro benzene ring substituents is 1. The second-order valence-electron chi connectivity index (χ2n) is 6.44. The molecular formula is C17H21ClN4O2. The smallest absolute Gasteiger partial charge is 0.271 e. The van der Waals surface area contributed by atoms with Gasteiger partial charge in [0.15, 0.2) is 0 Å². The van der Waals surface area contributed by atoms with Gasteiger partial charge in [0.05, 0.1) is 15.6 Å². The van der Waals surface area contributed by atoms with Gasteiger partial charge in [-0.1, -0.05) is 11.6 Å². The molecule has 0 spiro atoms. The molecule has 3 rings (SSSR count). The van der Waals surface area contributed by atoms with E-state index in [4.69, 9.17) is 11.6 Å². The van der Waals surface area contributed by atoms with Crippen molar-refractivity contribution in [3.8, 4) is 0 Å². The van der Waals surface area contributed by atoms with Crippen LogP contribution in [0, 0.1) is 23.0 Å². The highest BCUT2D eigenvalue weighted by molar-refractivity contribution is 6.33. The molecule has 2 aromatic rings. The molecule has 128 valence electrons. The van der Waals surface area contributed by atoms with Crippen molar-refractivity contribution in [3.05, 3.63) is 51.1 Å². The molecule has 0 atom stereocenters. The van der Waals surface area contributed by atoms with Crippen LogP contribution >= 0.6 is 11.6 Å². The number of nitrogens with zero attached hydrogens (tertiary/aromatic N) is 4. The second-order valence-corrected chi connectivity index (χ2v) is 6.85. The summed E-state index contributed by atoms with van der Waals surface area (Å²) in [4.78, 5) is 17.2. The van der Waals surface area contributed by atoms with Crippen LogP contribution in [-0.2, 0) is 13.5 Å². The third-order valence-corrected chi connectivity index (χ3v) is 5.06. The van der Waals surface area contributed by atoms with Crippen LogP contribution in [0.15, 0.2) is 24.5 Å². The minimum Gasteiger partial charge on any atom is -0.370 e. The largest absolute Gasteiger partial charge is 0.370 e. The molecule has 0 radical (unpaired) electrons. The average Bonchev–Trinajstić information content (AvgIpc) is 2.93. The molecule has 0 amide bonds. The van der Waals surface area contributed by atoms with Crippen molar-refractivity contribution in [2.75, 3.05) is 18.0 Å². The number of nitro groups is 1. The Bertz CT molecular complexity index is 728. The summed E-state index contributed by atoms with van der Waals surface area (Å²) in [5.41, 5.74) is 1.83. The zero-order chi connectivity index (χ0) is 17.3. The first-order valence-corrected chi connectivity index (χ1v) is 8.49. The van der Waals surface area contributed by atoms with Crippen LogP contribution < -0.4 is 4.90 Å². The lowest BCUT2D eigenvalue weighted by Crippen LogP contribution is -2.35. The van der Waals surface area contributed by atoms with Crippen LogP contribution in [0.2, 0.25) is 5.02 Å². The van der Waals surface area contributed by atoms with E-state index in [0.717, 1.165) is 49.4 Å². The number of piperidine rings is 1. The Morgan fingerprint density at radius 3 is 2.62 bits per heavy atom. The topological polar surface area (TPSA) is 64.2 Å². The number of rotatable bonds is 4. The first-order valence-electron chi connectivity index (χ1n) is 8.11. The minimum absolute atomic E-state index is 0.0471. The predicted octanol–water partition coefficient (Wildman–Crippen LogP) is 3.75. The number of aromatic nitrogens is 2. The summed E-state index contributed by atoms with van der Waals surface area (Å²) < 4.78 is 2.07. The standard InChI is InChI=1S/C17H21ClN4O2/c1-12-9-14(22(23)24)11-15(18)17(12)21-6-3-13(4-7-21)10-16-19-5-8-20(16)2/h5,8-9,11,13H,3-4,6-7,10H2,1-2H3. The maximum atomic E-state index is 10.9. The number of anilines is 1. The molecule has 0 aliphatic carbocycles. The van der Waals surface area contributed by atoms with E-state index in [0.29, 0.717) is 10.9 Å². The van der Waals surface area contributed by atoms with E-state index < -0.39 is 4.92 Å².